The summed E-state index contributed by atoms with van der Waals surface area (Å²) in [5.41, 5.74) is 0. The second kappa shape index (κ2) is 4.92. The van der Waals surface area contributed by atoms with Gasteiger partial charge in [-0.05, 0) is 6.92 Å². The molecule has 0 aromatic carbocycles. The number of amides is 2. The van der Waals surface area contributed by atoms with E-state index in [0.717, 1.165) is 5.23 Å². The summed E-state index contributed by atoms with van der Waals surface area (Å²) in [5.74, 6) is 0. The highest BCUT2D eigenvalue weighted by molar-refractivity contribution is 5.71. The third-order valence-corrected chi connectivity index (χ3v) is 1.29. The number of hydrogen-bond acceptors (Lipinski definition) is 3. The van der Waals surface area contributed by atoms with E-state index in [1.54, 1.807) is 7.05 Å². The van der Waals surface area contributed by atoms with Crippen LogP contribution in [0.1, 0.15) is 6.92 Å². The smallest absolute Gasteiger partial charge is 0.324 e. The Morgan fingerprint density at radius 3 is 2.09 bits per heavy atom. The fraction of sp³-hybridized carbons (Fsp3) is 0.833. The summed E-state index contributed by atoms with van der Waals surface area (Å²) in [6, 6.07) is -0.322. The molecule has 0 aromatic rings. The number of rotatable bonds is 3. The molecule has 0 rings (SSSR count). The van der Waals surface area contributed by atoms with E-state index in [2.05, 4.69) is 9.68 Å². The van der Waals surface area contributed by atoms with Gasteiger partial charge in [-0.1, -0.05) is 5.23 Å². The van der Waals surface area contributed by atoms with Gasteiger partial charge in [0, 0.05) is 13.6 Å². The van der Waals surface area contributed by atoms with E-state index >= 15 is 0 Å². The van der Waals surface area contributed by atoms with Crippen LogP contribution in [0.5, 0.6) is 0 Å². The lowest BCUT2D eigenvalue weighted by molar-refractivity contribution is -0.302. The third-order valence-electron chi connectivity index (χ3n) is 1.29. The first-order valence-corrected chi connectivity index (χ1v) is 3.30. The minimum absolute atomic E-state index is 0.322. The van der Waals surface area contributed by atoms with Crippen LogP contribution >= 0.6 is 0 Å². The van der Waals surface area contributed by atoms with Crippen molar-refractivity contribution < 1.29 is 14.5 Å². The number of hydrogen-bond donors (Lipinski definition) is 0. The number of urea groups is 1. The second-order valence-corrected chi connectivity index (χ2v) is 1.92. The average molecular weight is 162 g/mol. The van der Waals surface area contributed by atoms with Crippen LogP contribution in [0.15, 0.2) is 0 Å². The third kappa shape index (κ3) is 2.73. The number of hydroxylamine groups is 2. The zero-order valence-electron chi connectivity index (χ0n) is 7.33. The Hall–Kier alpha value is -0.810. The minimum Gasteiger partial charge on any atom is -0.324 e. The van der Waals surface area contributed by atoms with Gasteiger partial charge in [0.05, 0.1) is 14.2 Å². The topological polar surface area (TPSA) is 42.0 Å². The Labute approximate surface area is 66.4 Å². The Bertz CT molecular complexity index is 125. The second-order valence-electron chi connectivity index (χ2n) is 1.92. The van der Waals surface area contributed by atoms with Gasteiger partial charge in [-0.15, -0.1) is 0 Å². The summed E-state index contributed by atoms with van der Waals surface area (Å²) in [6.07, 6.45) is 0. The first-order valence-electron chi connectivity index (χ1n) is 3.30. The van der Waals surface area contributed by atoms with E-state index in [9.17, 15) is 4.79 Å². The van der Waals surface area contributed by atoms with Crippen LogP contribution in [0.25, 0.3) is 0 Å². The SMILES string of the molecule is CCN(C)C(=O)N(OC)OC. The highest BCUT2D eigenvalue weighted by Crippen LogP contribution is 1.95. The standard InChI is InChI=1S/C6H14N2O3/c1-5-7(2)6(9)8(10-3)11-4/h5H2,1-4H3. The van der Waals surface area contributed by atoms with Gasteiger partial charge in [0.15, 0.2) is 0 Å². The molecule has 0 saturated heterocycles. The largest absolute Gasteiger partial charge is 0.369 e. The maximum absolute atomic E-state index is 11.1. The van der Waals surface area contributed by atoms with Crippen molar-refractivity contribution in [2.24, 2.45) is 0 Å². The van der Waals surface area contributed by atoms with E-state index in [1.807, 2.05) is 6.92 Å². The first-order chi connectivity index (χ1) is 5.17. The van der Waals surface area contributed by atoms with Crippen molar-refractivity contribution in [2.45, 2.75) is 6.92 Å². The van der Waals surface area contributed by atoms with Crippen molar-refractivity contribution in [3.8, 4) is 0 Å². The molecule has 0 aliphatic heterocycles. The molecule has 0 atom stereocenters. The van der Waals surface area contributed by atoms with Crippen LogP contribution in [-0.2, 0) is 9.68 Å². The van der Waals surface area contributed by atoms with E-state index in [-0.39, 0.29) is 6.03 Å². The fourth-order valence-electron chi connectivity index (χ4n) is 0.505. The molecule has 0 aliphatic carbocycles. The Kier molecular flexibility index (Phi) is 4.56. The lowest BCUT2D eigenvalue weighted by Crippen LogP contribution is -2.39. The van der Waals surface area contributed by atoms with Crippen molar-refractivity contribution in [3.63, 3.8) is 0 Å². The molecule has 0 spiro atoms. The average Bonchev–Trinajstić information content (AvgIpc) is 2.05. The minimum atomic E-state index is -0.322. The zero-order valence-corrected chi connectivity index (χ0v) is 7.33. The van der Waals surface area contributed by atoms with Gasteiger partial charge in [-0.3, -0.25) is 0 Å². The van der Waals surface area contributed by atoms with Gasteiger partial charge in [0.25, 0.3) is 0 Å². The number of nitrogens with zero attached hydrogens (tertiary/aromatic N) is 2. The van der Waals surface area contributed by atoms with Crippen molar-refractivity contribution >= 4 is 6.03 Å². The molecular weight excluding hydrogens is 148 g/mol. The van der Waals surface area contributed by atoms with Crippen molar-refractivity contribution in [1.82, 2.24) is 10.1 Å². The molecule has 11 heavy (non-hydrogen) atoms. The highest BCUT2D eigenvalue weighted by atomic mass is 16.9. The molecule has 0 aliphatic rings. The van der Waals surface area contributed by atoms with Gasteiger partial charge in [-0.2, -0.15) is 0 Å². The molecule has 5 nitrogen and oxygen atoms in total. The summed E-state index contributed by atoms with van der Waals surface area (Å²) >= 11 is 0. The Morgan fingerprint density at radius 2 is 1.82 bits per heavy atom. The van der Waals surface area contributed by atoms with Gasteiger partial charge >= 0.3 is 6.03 Å². The molecule has 2 amide bonds. The van der Waals surface area contributed by atoms with E-state index in [4.69, 9.17) is 0 Å². The van der Waals surface area contributed by atoms with Crippen molar-refractivity contribution in [2.75, 3.05) is 27.8 Å². The summed E-state index contributed by atoms with van der Waals surface area (Å²) in [4.78, 5) is 21.8. The predicted molar refractivity (Wildman–Crippen MR) is 39.6 cm³/mol. The van der Waals surface area contributed by atoms with E-state index in [1.165, 1.54) is 19.1 Å². The molecule has 0 unspecified atom stereocenters. The maximum atomic E-state index is 11.1. The summed E-state index contributed by atoms with van der Waals surface area (Å²) < 4.78 is 0. The van der Waals surface area contributed by atoms with Crippen molar-refractivity contribution in [1.29, 1.82) is 0 Å². The monoisotopic (exact) mass is 162 g/mol. The fourth-order valence-corrected chi connectivity index (χ4v) is 0.505. The summed E-state index contributed by atoms with van der Waals surface area (Å²) in [5, 5.41) is 0.809. The molecule has 0 N–H and O–H groups in total. The molecule has 0 radical (unpaired) electrons. The lowest BCUT2D eigenvalue weighted by Gasteiger charge is -2.21. The molecule has 5 heteroatoms. The predicted octanol–water partition coefficient (Wildman–Crippen LogP) is 0.483. The highest BCUT2D eigenvalue weighted by Gasteiger charge is 2.15. The summed E-state index contributed by atoms with van der Waals surface area (Å²) in [7, 11) is 4.39. The van der Waals surface area contributed by atoms with Gasteiger partial charge in [-0.25, -0.2) is 14.5 Å². The van der Waals surface area contributed by atoms with Crippen LogP contribution in [0.3, 0.4) is 0 Å². The lowest BCUT2D eigenvalue weighted by atomic mass is 10.6. The zero-order chi connectivity index (χ0) is 8.85. The normalized spacial score (nSPS) is 9.45. The van der Waals surface area contributed by atoms with E-state index < -0.39 is 0 Å². The molecular formula is C6H14N2O3. The molecule has 0 aromatic heterocycles. The molecule has 66 valence electrons. The molecule has 0 bridgehead atoms. The number of carbonyl (C=O) groups excluding carboxylic acids is 1. The van der Waals surface area contributed by atoms with Crippen LogP contribution in [0.4, 0.5) is 4.79 Å². The van der Waals surface area contributed by atoms with Gasteiger partial charge < -0.3 is 4.90 Å². The van der Waals surface area contributed by atoms with Crippen molar-refractivity contribution in [3.05, 3.63) is 0 Å². The maximum Gasteiger partial charge on any atom is 0.369 e. The molecule has 0 saturated carbocycles. The van der Waals surface area contributed by atoms with Crippen LogP contribution in [0.2, 0.25) is 0 Å². The summed E-state index contributed by atoms with van der Waals surface area (Å²) in [6.45, 7) is 2.48. The van der Waals surface area contributed by atoms with E-state index in [0.29, 0.717) is 6.54 Å². The Balaban J connectivity index is 3.97. The quantitative estimate of drug-likeness (QED) is 0.567. The van der Waals surface area contributed by atoms with Crippen LogP contribution in [0, 0.1) is 0 Å². The van der Waals surface area contributed by atoms with Crippen LogP contribution < -0.4 is 0 Å². The van der Waals surface area contributed by atoms with Crippen LogP contribution in [-0.4, -0.2) is 44.0 Å². The van der Waals surface area contributed by atoms with Gasteiger partial charge in [0.2, 0.25) is 0 Å². The Morgan fingerprint density at radius 1 is 1.36 bits per heavy atom. The molecule has 0 fully saturated rings. The van der Waals surface area contributed by atoms with Gasteiger partial charge in [0.1, 0.15) is 0 Å². The first kappa shape index (κ1) is 10.2. The molecule has 0 heterocycles. The number of carbonyl (C=O) groups is 1.